The Morgan fingerprint density at radius 3 is 2.68 bits per heavy atom. The van der Waals surface area contributed by atoms with E-state index in [1.54, 1.807) is 18.2 Å². The van der Waals surface area contributed by atoms with E-state index in [1.807, 2.05) is 18.2 Å². The van der Waals surface area contributed by atoms with Crippen LogP contribution in [0.2, 0.25) is 10.0 Å². The Hall–Kier alpha value is -2.19. The second kappa shape index (κ2) is 9.12. The number of aliphatic hydroxyl groups excluding tert-OH is 1. The predicted molar refractivity (Wildman–Crippen MR) is 120 cm³/mol. The molecule has 2 heterocycles. The van der Waals surface area contributed by atoms with Crippen molar-refractivity contribution in [3.63, 3.8) is 0 Å². The van der Waals surface area contributed by atoms with Gasteiger partial charge in [-0.2, -0.15) is 0 Å². The molecule has 0 saturated carbocycles. The molecule has 0 aliphatic carbocycles. The van der Waals surface area contributed by atoms with Gasteiger partial charge in [-0.25, -0.2) is 4.79 Å². The topological polar surface area (TPSA) is 97.1 Å². The first-order valence-corrected chi connectivity index (χ1v) is 10.9. The maximum absolute atomic E-state index is 11.2. The molecule has 1 atom stereocenters. The van der Waals surface area contributed by atoms with Crippen molar-refractivity contribution >= 4 is 34.9 Å². The number of benzene rings is 2. The summed E-state index contributed by atoms with van der Waals surface area (Å²) in [6.07, 6.45) is 1.95. The van der Waals surface area contributed by atoms with Gasteiger partial charge < -0.3 is 30.5 Å². The van der Waals surface area contributed by atoms with Crippen molar-refractivity contribution in [1.29, 1.82) is 0 Å². The average molecular weight is 466 g/mol. The van der Waals surface area contributed by atoms with Gasteiger partial charge in [0.2, 0.25) is 0 Å². The number of likely N-dealkylation sites (tertiary alicyclic amines) is 1. The largest absolute Gasteiger partial charge is 0.489 e. The number of fused-ring (bicyclic) bond motifs is 1. The van der Waals surface area contributed by atoms with Crippen molar-refractivity contribution in [3.8, 4) is 11.5 Å². The zero-order chi connectivity index (χ0) is 22.0. The summed E-state index contributed by atoms with van der Waals surface area (Å²) >= 11 is 12.1. The molecule has 4 rings (SSSR count). The number of urea groups is 1. The van der Waals surface area contributed by atoms with Gasteiger partial charge >= 0.3 is 6.03 Å². The van der Waals surface area contributed by atoms with Crippen molar-refractivity contribution in [1.82, 2.24) is 4.90 Å². The van der Waals surface area contributed by atoms with Crippen LogP contribution in [0.3, 0.4) is 0 Å². The fraction of sp³-hybridized carbons (Fsp3) is 0.409. The number of amides is 2. The molecule has 2 amide bonds. The van der Waals surface area contributed by atoms with Crippen LogP contribution in [0.5, 0.6) is 11.5 Å². The number of rotatable bonds is 6. The van der Waals surface area contributed by atoms with Crippen molar-refractivity contribution in [3.05, 3.63) is 52.0 Å². The van der Waals surface area contributed by atoms with Crippen molar-refractivity contribution in [2.45, 2.75) is 31.0 Å². The predicted octanol–water partition coefficient (Wildman–Crippen LogP) is 3.69. The first kappa shape index (κ1) is 22.0. The number of halogens is 2. The number of piperidine rings is 1. The molecule has 166 valence electrons. The van der Waals surface area contributed by atoms with E-state index < -0.39 is 12.1 Å². The first-order valence-electron chi connectivity index (χ1n) is 10.2. The van der Waals surface area contributed by atoms with E-state index in [0.29, 0.717) is 23.0 Å². The number of primary amides is 1. The lowest BCUT2D eigenvalue weighted by atomic mass is 9.87. The standard InChI is InChI=1S/C22H25Cl2N3O4/c23-15-1-3-19-14(9-15)11-22(31-19)5-7-27(8-6-22)12-17(28)13-30-20-4-2-16(24)10-18(20)26-21(25)29/h1-4,9-10,17,28H,5-8,11-13H2,(H3,25,26,29)/t17-/m0/s1. The van der Waals surface area contributed by atoms with Gasteiger partial charge in [0.1, 0.15) is 29.8 Å². The lowest BCUT2D eigenvalue weighted by Gasteiger charge is -2.39. The molecule has 2 aliphatic rings. The number of hydrogen-bond donors (Lipinski definition) is 3. The zero-order valence-electron chi connectivity index (χ0n) is 16.9. The second-order valence-electron chi connectivity index (χ2n) is 8.11. The van der Waals surface area contributed by atoms with Gasteiger partial charge in [-0.05, 0) is 42.0 Å². The van der Waals surface area contributed by atoms with E-state index in [2.05, 4.69) is 10.2 Å². The third-order valence-corrected chi connectivity index (χ3v) is 6.20. The van der Waals surface area contributed by atoms with Crippen LogP contribution in [-0.4, -0.2) is 54.0 Å². The van der Waals surface area contributed by atoms with Crippen LogP contribution >= 0.6 is 23.2 Å². The monoisotopic (exact) mass is 465 g/mol. The summed E-state index contributed by atoms with van der Waals surface area (Å²) in [5.41, 5.74) is 6.54. The van der Waals surface area contributed by atoms with Gasteiger partial charge in [-0.3, -0.25) is 0 Å². The molecule has 31 heavy (non-hydrogen) atoms. The number of ether oxygens (including phenoxy) is 2. The molecule has 9 heteroatoms. The summed E-state index contributed by atoms with van der Waals surface area (Å²) in [4.78, 5) is 13.4. The molecule has 0 unspecified atom stereocenters. The summed E-state index contributed by atoms with van der Waals surface area (Å²) in [5, 5.41) is 14.1. The van der Waals surface area contributed by atoms with E-state index >= 15 is 0 Å². The van der Waals surface area contributed by atoms with Gasteiger partial charge in [0.05, 0.1) is 5.69 Å². The van der Waals surface area contributed by atoms with Crippen molar-refractivity contribution in [2.75, 3.05) is 31.6 Å². The lowest BCUT2D eigenvalue weighted by Crippen LogP contribution is -2.49. The van der Waals surface area contributed by atoms with Crippen LogP contribution in [0.1, 0.15) is 18.4 Å². The van der Waals surface area contributed by atoms with Crippen LogP contribution in [0.4, 0.5) is 10.5 Å². The number of nitrogens with zero attached hydrogens (tertiary/aromatic N) is 1. The number of aliphatic hydroxyl groups is 1. The van der Waals surface area contributed by atoms with Crippen LogP contribution < -0.4 is 20.5 Å². The van der Waals surface area contributed by atoms with Crippen molar-refractivity contribution in [2.24, 2.45) is 5.73 Å². The number of nitrogens with two attached hydrogens (primary N) is 1. The molecule has 0 aromatic heterocycles. The Bertz CT molecular complexity index is 964. The fourth-order valence-corrected chi connectivity index (χ4v) is 4.59. The summed E-state index contributed by atoms with van der Waals surface area (Å²) in [6.45, 7) is 2.22. The fourth-order valence-electron chi connectivity index (χ4n) is 4.22. The first-order chi connectivity index (χ1) is 14.8. The minimum Gasteiger partial charge on any atom is -0.489 e. The molecule has 0 radical (unpaired) electrons. The maximum Gasteiger partial charge on any atom is 0.316 e. The van der Waals surface area contributed by atoms with Crippen LogP contribution in [-0.2, 0) is 6.42 Å². The van der Waals surface area contributed by atoms with E-state index in [9.17, 15) is 9.90 Å². The molecular weight excluding hydrogens is 441 g/mol. The molecule has 2 aromatic rings. The normalized spacial score (nSPS) is 18.3. The zero-order valence-corrected chi connectivity index (χ0v) is 18.5. The van der Waals surface area contributed by atoms with Crippen molar-refractivity contribution < 1.29 is 19.4 Å². The molecule has 0 bridgehead atoms. The smallest absolute Gasteiger partial charge is 0.316 e. The SMILES string of the molecule is NC(=O)Nc1cc(Cl)ccc1OC[C@@H](O)CN1CCC2(CC1)Cc1cc(Cl)ccc1O2. The summed E-state index contributed by atoms with van der Waals surface area (Å²) in [7, 11) is 0. The summed E-state index contributed by atoms with van der Waals surface area (Å²) in [6, 6.07) is 9.89. The maximum atomic E-state index is 11.2. The number of carbonyl (C=O) groups is 1. The second-order valence-corrected chi connectivity index (χ2v) is 8.98. The highest BCUT2D eigenvalue weighted by molar-refractivity contribution is 6.31. The van der Waals surface area contributed by atoms with Gasteiger partial charge in [0.25, 0.3) is 0 Å². The van der Waals surface area contributed by atoms with Gasteiger partial charge in [-0.1, -0.05) is 23.2 Å². The molecule has 1 fully saturated rings. The molecular formula is C22H25Cl2N3O4. The number of β-amino-alcohol motifs (C(OH)–C–C–N with tert-alkyl or cyclic N) is 1. The summed E-state index contributed by atoms with van der Waals surface area (Å²) in [5.74, 6) is 1.32. The lowest BCUT2D eigenvalue weighted by molar-refractivity contribution is -0.00191. The number of hydrogen-bond acceptors (Lipinski definition) is 5. The molecule has 1 spiro atoms. The Labute approximate surface area is 191 Å². The highest BCUT2D eigenvalue weighted by atomic mass is 35.5. The Kier molecular flexibility index (Phi) is 6.48. The van der Waals surface area contributed by atoms with E-state index in [-0.39, 0.29) is 12.2 Å². The minimum absolute atomic E-state index is 0.0805. The van der Waals surface area contributed by atoms with Gasteiger partial charge in [0.15, 0.2) is 0 Å². The Morgan fingerprint density at radius 2 is 1.94 bits per heavy atom. The highest BCUT2D eigenvalue weighted by Gasteiger charge is 2.42. The van der Waals surface area contributed by atoms with E-state index in [0.717, 1.165) is 48.7 Å². The number of nitrogens with one attached hydrogen (secondary N) is 1. The van der Waals surface area contributed by atoms with E-state index in [1.165, 1.54) is 0 Å². The third-order valence-electron chi connectivity index (χ3n) is 5.73. The average Bonchev–Trinajstić information content (AvgIpc) is 3.06. The van der Waals surface area contributed by atoms with Gasteiger partial charge in [-0.15, -0.1) is 0 Å². The quantitative estimate of drug-likeness (QED) is 0.604. The number of carbonyl (C=O) groups excluding carboxylic acids is 1. The van der Waals surface area contributed by atoms with Crippen LogP contribution in [0.25, 0.3) is 0 Å². The molecule has 2 aliphatic heterocycles. The highest BCUT2D eigenvalue weighted by Crippen LogP contribution is 2.42. The molecule has 1 saturated heterocycles. The Morgan fingerprint density at radius 1 is 1.23 bits per heavy atom. The molecule has 4 N–H and O–H groups in total. The van der Waals surface area contributed by atoms with Crippen LogP contribution in [0.15, 0.2) is 36.4 Å². The van der Waals surface area contributed by atoms with E-state index in [4.69, 9.17) is 38.4 Å². The van der Waals surface area contributed by atoms with Gasteiger partial charge in [0, 0.05) is 48.9 Å². The molecule has 7 nitrogen and oxygen atoms in total. The summed E-state index contributed by atoms with van der Waals surface area (Å²) < 4.78 is 12.0. The third kappa shape index (κ3) is 5.36. The van der Waals surface area contributed by atoms with Crippen LogP contribution in [0, 0.1) is 0 Å². The minimum atomic E-state index is -0.714. The number of anilines is 1. The Balaban J connectivity index is 1.27. The molecule has 2 aromatic carbocycles.